The van der Waals surface area contributed by atoms with Crippen LogP contribution in [0.4, 0.5) is 5.69 Å². The molecule has 0 aliphatic rings. The van der Waals surface area contributed by atoms with Crippen molar-refractivity contribution in [3.63, 3.8) is 0 Å². The van der Waals surface area contributed by atoms with Crippen LogP contribution in [-0.2, 0) is 26.0 Å². The monoisotopic (exact) mass is 499 g/mol. The van der Waals surface area contributed by atoms with Gasteiger partial charge >= 0.3 is 0 Å². The Labute approximate surface area is 199 Å². The van der Waals surface area contributed by atoms with E-state index < -0.39 is 28.5 Å². The van der Waals surface area contributed by atoms with Gasteiger partial charge in [0.25, 0.3) is 0 Å². The van der Waals surface area contributed by atoms with E-state index in [4.69, 9.17) is 23.2 Å². The number of rotatable bonds is 10. The molecule has 174 valence electrons. The fourth-order valence-corrected chi connectivity index (χ4v) is 4.71. The summed E-state index contributed by atoms with van der Waals surface area (Å²) < 4.78 is 26.0. The number of nitrogens with zero attached hydrogens (tertiary/aromatic N) is 2. The minimum absolute atomic E-state index is 0.175. The molecule has 0 aliphatic heterocycles. The lowest BCUT2D eigenvalue weighted by Crippen LogP contribution is -2.52. The quantitative estimate of drug-likeness (QED) is 0.542. The van der Waals surface area contributed by atoms with Crippen molar-refractivity contribution in [3.05, 3.63) is 64.1 Å². The summed E-state index contributed by atoms with van der Waals surface area (Å²) in [6.45, 7) is 1.56. The molecule has 0 radical (unpaired) electrons. The summed E-state index contributed by atoms with van der Waals surface area (Å²) in [5, 5.41) is 3.06. The van der Waals surface area contributed by atoms with Crippen molar-refractivity contribution in [1.29, 1.82) is 0 Å². The highest BCUT2D eigenvalue weighted by Gasteiger charge is 2.31. The Bertz CT molecular complexity index is 1030. The van der Waals surface area contributed by atoms with Crippen molar-refractivity contribution in [2.24, 2.45) is 0 Å². The van der Waals surface area contributed by atoms with Gasteiger partial charge < -0.3 is 10.2 Å². The molecule has 0 aliphatic carbocycles. The summed E-state index contributed by atoms with van der Waals surface area (Å²) in [4.78, 5) is 27.3. The SMILES string of the molecule is CCC(C(=O)NC)N(CCc1ccccc1)C(=O)CN(c1cc(Cl)cc(Cl)c1)S(C)(=O)=O. The van der Waals surface area contributed by atoms with Crippen LogP contribution in [0, 0.1) is 0 Å². The second-order valence-corrected chi connectivity index (χ2v) is 10.0. The molecule has 0 bridgehead atoms. The van der Waals surface area contributed by atoms with Crippen molar-refractivity contribution in [1.82, 2.24) is 10.2 Å². The van der Waals surface area contributed by atoms with Crippen molar-refractivity contribution in [2.45, 2.75) is 25.8 Å². The third-order valence-corrected chi connectivity index (χ3v) is 6.51. The van der Waals surface area contributed by atoms with E-state index in [-0.39, 0.29) is 28.2 Å². The molecule has 0 heterocycles. The standard InChI is InChI=1S/C22H27Cl2N3O4S/c1-4-20(22(29)25-2)26(11-10-16-8-6-5-7-9-16)21(28)15-27(32(3,30)31)19-13-17(23)12-18(24)14-19/h5-9,12-14,20H,4,10-11,15H2,1-3H3,(H,25,29). The van der Waals surface area contributed by atoms with Gasteiger partial charge in [-0.25, -0.2) is 8.42 Å². The maximum Gasteiger partial charge on any atom is 0.244 e. The first-order valence-electron chi connectivity index (χ1n) is 10.1. The molecule has 2 aromatic rings. The Hall–Kier alpha value is -2.29. The Morgan fingerprint density at radius 1 is 1.06 bits per heavy atom. The van der Waals surface area contributed by atoms with Gasteiger partial charge in [0.05, 0.1) is 11.9 Å². The van der Waals surface area contributed by atoms with E-state index in [1.165, 1.54) is 30.1 Å². The highest BCUT2D eigenvalue weighted by Crippen LogP contribution is 2.27. The van der Waals surface area contributed by atoms with Gasteiger partial charge in [-0.1, -0.05) is 60.5 Å². The lowest BCUT2D eigenvalue weighted by molar-refractivity contribution is -0.139. The average molecular weight is 500 g/mol. The van der Waals surface area contributed by atoms with Crippen LogP contribution < -0.4 is 9.62 Å². The number of nitrogens with one attached hydrogen (secondary N) is 1. The molecule has 32 heavy (non-hydrogen) atoms. The van der Waals surface area contributed by atoms with Crippen LogP contribution in [0.25, 0.3) is 0 Å². The number of amides is 2. The summed E-state index contributed by atoms with van der Waals surface area (Å²) in [5.41, 5.74) is 1.17. The van der Waals surface area contributed by atoms with E-state index >= 15 is 0 Å². The first-order chi connectivity index (χ1) is 15.1. The maximum atomic E-state index is 13.4. The summed E-state index contributed by atoms with van der Waals surface area (Å²) in [7, 11) is -2.34. The predicted molar refractivity (Wildman–Crippen MR) is 129 cm³/mol. The number of sulfonamides is 1. The zero-order valence-electron chi connectivity index (χ0n) is 18.2. The molecule has 0 spiro atoms. The van der Waals surface area contributed by atoms with E-state index in [1.54, 1.807) is 6.92 Å². The third-order valence-electron chi connectivity index (χ3n) is 4.93. The summed E-state index contributed by atoms with van der Waals surface area (Å²) >= 11 is 12.1. The highest BCUT2D eigenvalue weighted by molar-refractivity contribution is 7.92. The first-order valence-corrected chi connectivity index (χ1v) is 12.7. The fraction of sp³-hybridized carbons (Fsp3) is 0.364. The normalized spacial score (nSPS) is 12.2. The molecule has 0 saturated heterocycles. The summed E-state index contributed by atoms with van der Waals surface area (Å²) in [6.07, 6.45) is 1.89. The lowest BCUT2D eigenvalue weighted by Gasteiger charge is -2.32. The number of anilines is 1. The Balaban J connectivity index is 2.37. The van der Waals surface area contributed by atoms with Crippen molar-refractivity contribution in [3.8, 4) is 0 Å². The number of halogens is 2. The summed E-state index contributed by atoms with van der Waals surface area (Å²) in [5.74, 6) is -0.816. The molecule has 1 unspecified atom stereocenters. The minimum Gasteiger partial charge on any atom is -0.357 e. The van der Waals surface area contributed by atoms with Crippen LogP contribution >= 0.6 is 23.2 Å². The number of hydrogen-bond acceptors (Lipinski definition) is 4. The van der Waals surface area contributed by atoms with Crippen molar-refractivity contribution < 1.29 is 18.0 Å². The molecule has 0 fully saturated rings. The van der Waals surface area contributed by atoms with Crippen molar-refractivity contribution in [2.75, 3.05) is 30.7 Å². The van der Waals surface area contributed by atoms with E-state index in [1.807, 2.05) is 30.3 Å². The number of hydrogen-bond donors (Lipinski definition) is 1. The van der Waals surface area contributed by atoms with Crippen LogP contribution in [-0.4, -0.2) is 57.6 Å². The number of carbonyl (C=O) groups is 2. The molecule has 1 atom stereocenters. The molecule has 2 rings (SSSR count). The minimum atomic E-state index is -3.84. The third kappa shape index (κ3) is 7.12. The largest absolute Gasteiger partial charge is 0.357 e. The van der Waals surface area contributed by atoms with Gasteiger partial charge in [0.2, 0.25) is 21.8 Å². The second-order valence-electron chi connectivity index (χ2n) is 7.26. The molecule has 2 aromatic carbocycles. The molecular weight excluding hydrogens is 473 g/mol. The van der Waals surface area contributed by atoms with Gasteiger partial charge in [0.1, 0.15) is 12.6 Å². The zero-order valence-corrected chi connectivity index (χ0v) is 20.5. The van der Waals surface area contributed by atoms with E-state index in [0.29, 0.717) is 12.8 Å². The fourth-order valence-electron chi connectivity index (χ4n) is 3.36. The highest BCUT2D eigenvalue weighted by atomic mass is 35.5. The smallest absolute Gasteiger partial charge is 0.244 e. The molecule has 0 aromatic heterocycles. The van der Waals surface area contributed by atoms with Gasteiger partial charge in [-0.3, -0.25) is 13.9 Å². The number of carbonyl (C=O) groups excluding carboxylic acids is 2. The lowest BCUT2D eigenvalue weighted by atomic mass is 10.1. The van der Waals surface area contributed by atoms with E-state index in [9.17, 15) is 18.0 Å². The van der Waals surface area contributed by atoms with Crippen LogP contribution in [0.3, 0.4) is 0 Å². The number of likely N-dealkylation sites (N-methyl/N-ethyl adjacent to an activating group) is 1. The average Bonchev–Trinajstić information content (AvgIpc) is 2.73. The Morgan fingerprint density at radius 2 is 1.66 bits per heavy atom. The maximum absolute atomic E-state index is 13.4. The molecule has 0 saturated carbocycles. The van der Waals surface area contributed by atoms with Gasteiger partial charge in [-0.05, 0) is 36.6 Å². The van der Waals surface area contributed by atoms with Crippen molar-refractivity contribution >= 4 is 50.7 Å². The van der Waals surface area contributed by atoms with Crippen LogP contribution in [0.1, 0.15) is 18.9 Å². The summed E-state index contributed by atoms with van der Waals surface area (Å²) in [6, 6.07) is 13.1. The topological polar surface area (TPSA) is 86.8 Å². The van der Waals surface area contributed by atoms with Crippen LogP contribution in [0.5, 0.6) is 0 Å². The zero-order chi connectivity index (χ0) is 23.9. The predicted octanol–water partition coefficient (Wildman–Crippen LogP) is 3.36. The van der Waals surface area contributed by atoms with Crippen LogP contribution in [0.2, 0.25) is 10.0 Å². The van der Waals surface area contributed by atoms with Crippen LogP contribution in [0.15, 0.2) is 48.5 Å². The second kappa shape index (κ2) is 11.5. The van der Waals surface area contributed by atoms with Gasteiger partial charge in [0, 0.05) is 23.6 Å². The Morgan fingerprint density at radius 3 is 2.16 bits per heavy atom. The van der Waals surface area contributed by atoms with Gasteiger partial charge in [-0.2, -0.15) is 0 Å². The number of benzene rings is 2. The Kier molecular flexibility index (Phi) is 9.36. The molecule has 1 N–H and O–H groups in total. The van der Waals surface area contributed by atoms with Gasteiger partial charge in [0.15, 0.2) is 0 Å². The van der Waals surface area contributed by atoms with E-state index in [2.05, 4.69) is 5.32 Å². The molecule has 2 amide bonds. The van der Waals surface area contributed by atoms with Gasteiger partial charge in [-0.15, -0.1) is 0 Å². The van der Waals surface area contributed by atoms with E-state index in [0.717, 1.165) is 16.1 Å². The molecular formula is C22H27Cl2N3O4S. The molecule has 7 nitrogen and oxygen atoms in total. The first kappa shape index (κ1) is 26.0. The molecule has 10 heteroatoms.